The number of hydrogen-bond donors (Lipinski definition) is 0. The lowest BCUT2D eigenvalue weighted by Gasteiger charge is -2.08. The summed E-state index contributed by atoms with van der Waals surface area (Å²) in [6.07, 6.45) is 1.07. The number of benzene rings is 1. The van der Waals surface area contributed by atoms with Gasteiger partial charge in [-0.2, -0.15) is 0 Å². The van der Waals surface area contributed by atoms with Crippen molar-refractivity contribution in [3.05, 3.63) is 34.2 Å². The lowest BCUT2D eigenvalue weighted by molar-refractivity contribution is 0.146. The fourth-order valence-corrected chi connectivity index (χ4v) is 3.35. The van der Waals surface area contributed by atoms with Gasteiger partial charge >= 0.3 is 0 Å². The molecule has 21 heavy (non-hydrogen) atoms. The molecule has 1 aromatic carbocycles. The number of rotatable bonds is 7. The van der Waals surface area contributed by atoms with Gasteiger partial charge in [0, 0.05) is 17.6 Å². The van der Waals surface area contributed by atoms with Gasteiger partial charge in [0.05, 0.1) is 17.3 Å². The number of ether oxygens (including phenoxy) is 2. The van der Waals surface area contributed by atoms with Crippen LogP contribution in [0.25, 0.3) is 11.3 Å². The predicted molar refractivity (Wildman–Crippen MR) is 88.2 cm³/mol. The van der Waals surface area contributed by atoms with Crippen molar-refractivity contribution in [2.45, 2.75) is 27.2 Å². The van der Waals surface area contributed by atoms with Crippen molar-refractivity contribution in [2.24, 2.45) is 5.92 Å². The molecule has 0 aliphatic carbocycles. The topological polar surface area (TPSA) is 31.4 Å². The smallest absolute Gasteiger partial charge is 0.120 e. The first-order chi connectivity index (χ1) is 10.1. The molecule has 0 spiro atoms. The molecular formula is C17H23NO2S. The second kappa shape index (κ2) is 7.57. The fourth-order valence-electron chi connectivity index (χ4n) is 2.18. The summed E-state index contributed by atoms with van der Waals surface area (Å²) < 4.78 is 10.7. The Morgan fingerprint density at radius 3 is 2.76 bits per heavy atom. The molecule has 0 atom stereocenters. The zero-order valence-corrected chi connectivity index (χ0v) is 14.0. The quantitative estimate of drug-likeness (QED) is 0.713. The van der Waals surface area contributed by atoms with Crippen LogP contribution < -0.4 is 4.74 Å². The summed E-state index contributed by atoms with van der Waals surface area (Å²) in [5.74, 6) is 1.50. The van der Waals surface area contributed by atoms with E-state index in [1.54, 1.807) is 18.4 Å². The van der Waals surface area contributed by atoms with E-state index in [0.29, 0.717) is 19.1 Å². The van der Waals surface area contributed by atoms with Gasteiger partial charge in [0.25, 0.3) is 0 Å². The maximum Gasteiger partial charge on any atom is 0.120 e. The van der Waals surface area contributed by atoms with Crippen LogP contribution >= 0.6 is 11.3 Å². The Bertz CT molecular complexity index is 578. The summed E-state index contributed by atoms with van der Waals surface area (Å²) >= 11 is 1.79. The summed E-state index contributed by atoms with van der Waals surface area (Å²) in [5, 5.41) is 1.12. The van der Waals surface area contributed by atoms with Gasteiger partial charge in [-0.05, 0) is 31.4 Å². The fraction of sp³-hybridized carbons (Fsp3) is 0.471. The number of methoxy groups -OCH3 is 1. The van der Waals surface area contributed by atoms with E-state index in [1.165, 1.54) is 4.88 Å². The molecule has 0 aliphatic heterocycles. The largest absolute Gasteiger partial charge is 0.491 e. The van der Waals surface area contributed by atoms with Crippen LogP contribution in [0.2, 0.25) is 0 Å². The molecule has 0 amide bonds. The van der Waals surface area contributed by atoms with E-state index < -0.39 is 0 Å². The summed E-state index contributed by atoms with van der Waals surface area (Å²) in [5.41, 5.74) is 2.23. The lowest BCUT2D eigenvalue weighted by atomic mass is 10.0. The van der Waals surface area contributed by atoms with E-state index in [0.717, 1.165) is 28.4 Å². The van der Waals surface area contributed by atoms with Gasteiger partial charge in [-0.1, -0.05) is 26.0 Å². The highest BCUT2D eigenvalue weighted by Gasteiger charge is 2.13. The van der Waals surface area contributed by atoms with Crippen molar-refractivity contribution in [3.8, 4) is 17.0 Å². The third-order valence-corrected chi connectivity index (χ3v) is 4.05. The van der Waals surface area contributed by atoms with Gasteiger partial charge in [-0.3, -0.25) is 0 Å². The summed E-state index contributed by atoms with van der Waals surface area (Å²) in [4.78, 5) is 6.07. The van der Waals surface area contributed by atoms with Crippen LogP contribution in [-0.2, 0) is 11.2 Å². The Morgan fingerprint density at radius 1 is 1.24 bits per heavy atom. The van der Waals surface area contributed by atoms with Crippen LogP contribution in [-0.4, -0.2) is 25.3 Å². The van der Waals surface area contributed by atoms with E-state index in [1.807, 2.05) is 12.1 Å². The Labute approximate surface area is 130 Å². The van der Waals surface area contributed by atoms with Crippen LogP contribution in [0.4, 0.5) is 0 Å². The highest BCUT2D eigenvalue weighted by Crippen LogP contribution is 2.31. The first-order valence-corrected chi connectivity index (χ1v) is 8.10. The van der Waals surface area contributed by atoms with E-state index >= 15 is 0 Å². The average molecular weight is 305 g/mol. The Morgan fingerprint density at radius 2 is 2.05 bits per heavy atom. The van der Waals surface area contributed by atoms with E-state index in [2.05, 4.69) is 32.9 Å². The Kier molecular flexibility index (Phi) is 5.76. The molecule has 0 bridgehead atoms. The molecule has 0 saturated heterocycles. The zero-order chi connectivity index (χ0) is 15.2. The number of thiazole rings is 1. The second-order valence-corrected chi connectivity index (χ2v) is 6.76. The van der Waals surface area contributed by atoms with Crippen LogP contribution in [0.3, 0.4) is 0 Å². The van der Waals surface area contributed by atoms with Crippen LogP contribution in [0, 0.1) is 12.8 Å². The lowest BCUT2D eigenvalue weighted by Crippen LogP contribution is -2.04. The van der Waals surface area contributed by atoms with Crippen LogP contribution in [0.1, 0.15) is 23.7 Å². The van der Waals surface area contributed by atoms with Crippen molar-refractivity contribution in [2.75, 3.05) is 20.3 Å². The molecule has 2 rings (SSSR count). The minimum atomic E-state index is 0.564. The average Bonchev–Trinajstić information content (AvgIpc) is 2.79. The van der Waals surface area contributed by atoms with E-state index in [9.17, 15) is 0 Å². The third-order valence-electron chi connectivity index (χ3n) is 3.06. The van der Waals surface area contributed by atoms with Crippen LogP contribution in [0.15, 0.2) is 24.3 Å². The molecule has 4 heteroatoms. The maximum absolute atomic E-state index is 5.69. The molecule has 114 valence electrons. The number of aryl methyl sites for hydroxylation is 1. The molecule has 0 N–H and O–H groups in total. The Balaban J connectivity index is 2.23. The molecule has 2 aromatic rings. The normalized spacial score (nSPS) is 11.1. The van der Waals surface area contributed by atoms with Crippen molar-refractivity contribution in [1.82, 2.24) is 4.98 Å². The minimum absolute atomic E-state index is 0.564. The molecule has 0 saturated carbocycles. The van der Waals surface area contributed by atoms with Gasteiger partial charge in [0.1, 0.15) is 12.4 Å². The number of hydrogen-bond acceptors (Lipinski definition) is 4. The highest BCUT2D eigenvalue weighted by atomic mass is 32.1. The standard InChI is InChI=1S/C17H23NO2S/c1-12(2)10-16-17(18-13(3)21-16)14-6-5-7-15(11-14)20-9-8-19-4/h5-7,11-12H,8-10H2,1-4H3. The summed E-state index contributed by atoms with van der Waals surface area (Å²) in [7, 11) is 1.68. The predicted octanol–water partition coefficient (Wildman–Crippen LogP) is 4.34. The Hall–Kier alpha value is -1.39. The first-order valence-electron chi connectivity index (χ1n) is 7.28. The molecule has 1 aromatic heterocycles. The maximum atomic E-state index is 5.69. The molecule has 0 radical (unpaired) electrons. The van der Waals surface area contributed by atoms with Crippen molar-refractivity contribution in [1.29, 1.82) is 0 Å². The van der Waals surface area contributed by atoms with Gasteiger partial charge in [0.2, 0.25) is 0 Å². The van der Waals surface area contributed by atoms with Gasteiger partial charge < -0.3 is 9.47 Å². The molecule has 0 unspecified atom stereocenters. The number of aromatic nitrogens is 1. The third kappa shape index (κ3) is 4.55. The summed E-state index contributed by atoms with van der Waals surface area (Å²) in [6.45, 7) is 7.71. The van der Waals surface area contributed by atoms with Crippen molar-refractivity contribution in [3.63, 3.8) is 0 Å². The van der Waals surface area contributed by atoms with E-state index in [4.69, 9.17) is 14.5 Å². The molecular weight excluding hydrogens is 282 g/mol. The SMILES string of the molecule is COCCOc1cccc(-c2nc(C)sc2CC(C)C)c1. The minimum Gasteiger partial charge on any atom is -0.491 e. The van der Waals surface area contributed by atoms with Crippen molar-refractivity contribution >= 4 is 11.3 Å². The first kappa shape index (κ1) is 16.0. The van der Waals surface area contributed by atoms with Crippen LogP contribution in [0.5, 0.6) is 5.75 Å². The van der Waals surface area contributed by atoms with E-state index in [-0.39, 0.29) is 0 Å². The molecule has 1 heterocycles. The molecule has 0 aliphatic rings. The second-order valence-electron chi connectivity index (χ2n) is 5.47. The van der Waals surface area contributed by atoms with Gasteiger partial charge in [0.15, 0.2) is 0 Å². The molecule has 0 fully saturated rings. The monoisotopic (exact) mass is 305 g/mol. The van der Waals surface area contributed by atoms with Gasteiger partial charge in [-0.25, -0.2) is 4.98 Å². The summed E-state index contributed by atoms with van der Waals surface area (Å²) in [6, 6.07) is 8.15. The van der Waals surface area contributed by atoms with Gasteiger partial charge in [-0.15, -0.1) is 11.3 Å². The van der Waals surface area contributed by atoms with Crippen molar-refractivity contribution < 1.29 is 9.47 Å². The highest BCUT2D eigenvalue weighted by molar-refractivity contribution is 7.12. The molecule has 3 nitrogen and oxygen atoms in total. The zero-order valence-electron chi connectivity index (χ0n) is 13.2. The number of nitrogens with zero attached hydrogens (tertiary/aromatic N) is 1.